The van der Waals surface area contributed by atoms with Gasteiger partial charge in [-0.15, -0.1) is 0 Å². The summed E-state index contributed by atoms with van der Waals surface area (Å²) in [5.74, 6) is 1.69. The molecule has 1 aliphatic rings. The summed E-state index contributed by atoms with van der Waals surface area (Å²) in [7, 11) is 0. The zero-order chi connectivity index (χ0) is 10.8. The van der Waals surface area contributed by atoms with Crippen LogP contribution < -0.4 is 4.90 Å². The first-order valence-corrected chi connectivity index (χ1v) is 6.22. The van der Waals surface area contributed by atoms with E-state index in [1.54, 1.807) is 6.20 Å². The minimum atomic E-state index is 0.625. The summed E-state index contributed by atoms with van der Waals surface area (Å²) >= 11 is 3.31. The van der Waals surface area contributed by atoms with Crippen molar-refractivity contribution < 1.29 is 0 Å². The molecule has 82 valence electrons. The summed E-state index contributed by atoms with van der Waals surface area (Å²) in [5.41, 5.74) is 0. The molecule has 0 radical (unpaired) electrons. The normalized spacial score (nSPS) is 21.3. The van der Waals surface area contributed by atoms with Crippen molar-refractivity contribution in [2.45, 2.75) is 32.7 Å². The van der Waals surface area contributed by atoms with Crippen LogP contribution in [0.15, 0.2) is 17.0 Å². The third kappa shape index (κ3) is 2.30. The highest BCUT2D eigenvalue weighted by Crippen LogP contribution is 2.27. The van der Waals surface area contributed by atoms with Gasteiger partial charge in [0.1, 0.15) is 10.4 Å². The zero-order valence-electron chi connectivity index (χ0n) is 9.15. The molecule has 1 fully saturated rings. The van der Waals surface area contributed by atoms with Gasteiger partial charge in [-0.1, -0.05) is 13.8 Å². The van der Waals surface area contributed by atoms with Crippen molar-refractivity contribution >= 4 is 21.7 Å². The summed E-state index contributed by atoms with van der Waals surface area (Å²) in [6.45, 7) is 5.66. The quantitative estimate of drug-likeness (QED) is 0.827. The standard InChI is InChI=1S/C11H16BrN3/c1-8(2)9-4-3-5-15(9)11-7-13-10(12)6-14-11/h6-9H,3-5H2,1-2H3. The Morgan fingerprint density at radius 1 is 1.40 bits per heavy atom. The van der Waals surface area contributed by atoms with Crippen LogP contribution in [0.2, 0.25) is 0 Å². The molecule has 1 unspecified atom stereocenters. The van der Waals surface area contributed by atoms with Gasteiger partial charge in [-0.05, 0) is 34.7 Å². The number of aromatic nitrogens is 2. The molecular formula is C11H16BrN3. The first kappa shape index (κ1) is 10.9. The largest absolute Gasteiger partial charge is 0.352 e. The van der Waals surface area contributed by atoms with E-state index in [0.717, 1.165) is 17.0 Å². The van der Waals surface area contributed by atoms with Crippen LogP contribution in [0.4, 0.5) is 5.82 Å². The first-order valence-electron chi connectivity index (χ1n) is 5.42. The first-order chi connectivity index (χ1) is 7.18. The lowest BCUT2D eigenvalue weighted by Crippen LogP contribution is -2.33. The molecule has 0 bridgehead atoms. The predicted molar refractivity (Wildman–Crippen MR) is 64.9 cm³/mol. The highest BCUT2D eigenvalue weighted by molar-refractivity contribution is 9.10. The molecule has 2 heterocycles. The topological polar surface area (TPSA) is 29.0 Å². The molecule has 0 spiro atoms. The van der Waals surface area contributed by atoms with Crippen LogP contribution in [0, 0.1) is 5.92 Å². The van der Waals surface area contributed by atoms with Crippen LogP contribution in [0.1, 0.15) is 26.7 Å². The second kappa shape index (κ2) is 4.47. The highest BCUT2D eigenvalue weighted by Gasteiger charge is 2.27. The lowest BCUT2D eigenvalue weighted by molar-refractivity contribution is 0.489. The molecule has 0 N–H and O–H groups in total. The molecular weight excluding hydrogens is 254 g/mol. The van der Waals surface area contributed by atoms with Gasteiger partial charge in [0, 0.05) is 12.6 Å². The lowest BCUT2D eigenvalue weighted by Gasteiger charge is -2.28. The van der Waals surface area contributed by atoms with E-state index in [4.69, 9.17) is 0 Å². The molecule has 15 heavy (non-hydrogen) atoms. The van der Waals surface area contributed by atoms with Crippen LogP contribution in [-0.2, 0) is 0 Å². The molecule has 0 aliphatic carbocycles. The van der Waals surface area contributed by atoms with Gasteiger partial charge in [0.15, 0.2) is 0 Å². The molecule has 1 atom stereocenters. The van der Waals surface area contributed by atoms with E-state index in [1.807, 2.05) is 6.20 Å². The van der Waals surface area contributed by atoms with Gasteiger partial charge < -0.3 is 4.90 Å². The number of hydrogen-bond donors (Lipinski definition) is 0. The fourth-order valence-corrected chi connectivity index (χ4v) is 2.43. The molecule has 1 aliphatic heterocycles. The van der Waals surface area contributed by atoms with E-state index in [9.17, 15) is 0 Å². The van der Waals surface area contributed by atoms with Crippen LogP contribution >= 0.6 is 15.9 Å². The Morgan fingerprint density at radius 3 is 2.80 bits per heavy atom. The fraction of sp³-hybridized carbons (Fsp3) is 0.636. The maximum Gasteiger partial charge on any atom is 0.147 e. The Kier molecular flexibility index (Phi) is 3.24. The van der Waals surface area contributed by atoms with Gasteiger partial charge in [0.25, 0.3) is 0 Å². The van der Waals surface area contributed by atoms with E-state index in [0.29, 0.717) is 12.0 Å². The summed E-state index contributed by atoms with van der Waals surface area (Å²) < 4.78 is 0.798. The molecule has 2 rings (SSSR count). The van der Waals surface area contributed by atoms with E-state index in [1.165, 1.54) is 12.8 Å². The summed E-state index contributed by atoms with van der Waals surface area (Å²) in [5, 5.41) is 0. The SMILES string of the molecule is CC(C)C1CCCN1c1cnc(Br)cn1. The molecule has 0 amide bonds. The average molecular weight is 270 g/mol. The second-order valence-corrected chi connectivity index (χ2v) is 5.16. The molecule has 0 aromatic carbocycles. The number of halogens is 1. The van der Waals surface area contributed by atoms with E-state index < -0.39 is 0 Å². The Labute approximate surface area is 99.0 Å². The fourth-order valence-electron chi connectivity index (χ4n) is 2.22. The van der Waals surface area contributed by atoms with Gasteiger partial charge in [-0.3, -0.25) is 0 Å². The minimum Gasteiger partial charge on any atom is -0.352 e. The van der Waals surface area contributed by atoms with E-state index in [-0.39, 0.29) is 0 Å². The summed E-state index contributed by atoms with van der Waals surface area (Å²) in [6, 6.07) is 0.625. The van der Waals surface area contributed by atoms with Gasteiger partial charge in [-0.25, -0.2) is 9.97 Å². The van der Waals surface area contributed by atoms with Gasteiger partial charge >= 0.3 is 0 Å². The van der Waals surface area contributed by atoms with Gasteiger partial charge in [0.05, 0.1) is 12.4 Å². The number of nitrogens with zero attached hydrogens (tertiary/aromatic N) is 3. The third-order valence-corrected chi connectivity index (χ3v) is 3.38. The lowest BCUT2D eigenvalue weighted by atomic mass is 10.0. The predicted octanol–water partition coefficient (Wildman–Crippen LogP) is 2.86. The Morgan fingerprint density at radius 2 is 2.20 bits per heavy atom. The number of anilines is 1. The smallest absolute Gasteiger partial charge is 0.147 e. The monoisotopic (exact) mass is 269 g/mol. The molecule has 4 heteroatoms. The second-order valence-electron chi connectivity index (χ2n) is 4.34. The Balaban J connectivity index is 2.19. The maximum atomic E-state index is 4.41. The van der Waals surface area contributed by atoms with Crippen molar-refractivity contribution in [3.05, 3.63) is 17.0 Å². The average Bonchev–Trinajstić information content (AvgIpc) is 2.67. The van der Waals surface area contributed by atoms with Gasteiger partial charge in [-0.2, -0.15) is 0 Å². The summed E-state index contributed by atoms with van der Waals surface area (Å²) in [4.78, 5) is 11.0. The van der Waals surface area contributed by atoms with Crippen LogP contribution in [0.5, 0.6) is 0 Å². The molecule has 3 nitrogen and oxygen atoms in total. The Bertz CT molecular complexity index is 323. The number of hydrogen-bond acceptors (Lipinski definition) is 3. The molecule has 1 saturated heterocycles. The van der Waals surface area contributed by atoms with Crippen LogP contribution in [0.3, 0.4) is 0 Å². The third-order valence-electron chi connectivity index (χ3n) is 2.97. The van der Waals surface area contributed by atoms with E-state index in [2.05, 4.69) is 44.6 Å². The minimum absolute atomic E-state index is 0.625. The van der Waals surface area contributed by atoms with Crippen molar-refractivity contribution in [3.63, 3.8) is 0 Å². The van der Waals surface area contributed by atoms with Crippen molar-refractivity contribution in [2.75, 3.05) is 11.4 Å². The zero-order valence-corrected chi connectivity index (χ0v) is 10.7. The maximum absolute atomic E-state index is 4.41. The van der Waals surface area contributed by atoms with Crippen molar-refractivity contribution in [2.24, 2.45) is 5.92 Å². The molecule has 1 aromatic rings. The van der Waals surface area contributed by atoms with Gasteiger partial charge in [0.2, 0.25) is 0 Å². The summed E-state index contributed by atoms with van der Waals surface area (Å²) in [6.07, 6.45) is 6.16. The van der Waals surface area contributed by atoms with Crippen LogP contribution in [-0.4, -0.2) is 22.6 Å². The van der Waals surface area contributed by atoms with Crippen LogP contribution in [0.25, 0.3) is 0 Å². The van der Waals surface area contributed by atoms with Crippen molar-refractivity contribution in [1.82, 2.24) is 9.97 Å². The Hall–Kier alpha value is -0.640. The number of rotatable bonds is 2. The highest BCUT2D eigenvalue weighted by atomic mass is 79.9. The molecule has 0 saturated carbocycles. The van der Waals surface area contributed by atoms with Crippen molar-refractivity contribution in [3.8, 4) is 0 Å². The molecule has 1 aromatic heterocycles. The van der Waals surface area contributed by atoms with E-state index >= 15 is 0 Å². The van der Waals surface area contributed by atoms with Crippen molar-refractivity contribution in [1.29, 1.82) is 0 Å².